The molecule has 1 N–H and O–H groups in total. The second kappa shape index (κ2) is 6.14. The Morgan fingerprint density at radius 2 is 2.07 bits per heavy atom. The lowest BCUT2D eigenvalue weighted by Gasteiger charge is -2.24. The first-order valence-corrected chi connectivity index (χ1v) is 5.18. The Bertz CT molecular complexity index is 178. The van der Waals surface area contributed by atoms with Gasteiger partial charge in [-0.05, 0) is 41.2 Å². The van der Waals surface area contributed by atoms with E-state index < -0.39 is 0 Å². The zero-order valence-corrected chi connectivity index (χ0v) is 10.0. The molecule has 0 aromatic carbocycles. The Morgan fingerprint density at radius 1 is 1.50 bits per heavy atom. The summed E-state index contributed by atoms with van der Waals surface area (Å²) in [6, 6.07) is 0.461. The quantitative estimate of drug-likeness (QED) is 0.682. The third kappa shape index (κ3) is 7.04. The molecule has 0 amide bonds. The van der Waals surface area contributed by atoms with Crippen LogP contribution in [0.15, 0.2) is 0 Å². The van der Waals surface area contributed by atoms with Crippen molar-refractivity contribution in [2.45, 2.75) is 52.2 Å². The van der Waals surface area contributed by atoms with Gasteiger partial charge in [-0.15, -0.1) is 0 Å². The number of Topliss-reactive ketones (excluding diaryl/α,β-unsaturated/α-hetero) is 1. The molecule has 0 bridgehead atoms. The van der Waals surface area contributed by atoms with E-state index in [9.17, 15) is 4.79 Å². The minimum Gasteiger partial charge on any atom is -0.375 e. The third-order valence-electron chi connectivity index (χ3n) is 2.21. The number of nitrogens with one attached hydrogen (secondary N) is 1. The van der Waals surface area contributed by atoms with Gasteiger partial charge in [0, 0.05) is 19.1 Å². The van der Waals surface area contributed by atoms with Crippen LogP contribution in [0.3, 0.4) is 0 Å². The largest absolute Gasteiger partial charge is 0.375 e. The number of rotatable bonds is 7. The highest BCUT2D eigenvalue weighted by molar-refractivity contribution is 5.76. The molecular formula is C11H23NO2. The number of hydrogen-bond acceptors (Lipinski definition) is 3. The zero-order chi connectivity index (χ0) is 11.2. The lowest BCUT2D eigenvalue weighted by Crippen LogP contribution is -2.30. The molecule has 0 heterocycles. The van der Waals surface area contributed by atoms with E-state index in [2.05, 4.69) is 12.2 Å². The highest BCUT2D eigenvalue weighted by atomic mass is 16.5. The summed E-state index contributed by atoms with van der Waals surface area (Å²) in [7, 11) is 1.94. The van der Waals surface area contributed by atoms with Crippen molar-refractivity contribution < 1.29 is 9.53 Å². The molecule has 0 saturated carbocycles. The lowest BCUT2D eigenvalue weighted by atomic mass is 10.0. The summed E-state index contributed by atoms with van der Waals surface area (Å²) in [5, 5.41) is 3.15. The SMILES string of the molecule is CNC(C)CCOC(C)(C)CC(C)=O. The van der Waals surface area contributed by atoms with Crippen molar-refractivity contribution in [2.24, 2.45) is 0 Å². The number of carbonyl (C=O) groups excluding carboxylic acids is 1. The molecule has 0 aliphatic carbocycles. The second-order valence-corrected chi connectivity index (χ2v) is 4.47. The van der Waals surface area contributed by atoms with E-state index in [4.69, 9.17) is 4.74 Å². The number of hydrogen-bond donors (Lipinski definition) is 1. The third-order valence-corrected chi connectivity index (χ3v) is 2.21. The Balaban J connectivity index is 3.70. The molecule has 3 heteroatoms. The maximum Gasteiger partial charge on any atom is 0.132 e. The van der Waals surface area contributed by atoms with Crippen molar-refractivity contribution >= 4 is 5.78 Å². The fourth-order valence-corrected chi connectivity index (χ4v) is 1.31. The van der Waals surface area contributed by atoms with Gasteiger partial charge in [0.1, 0.15) is 5.78 Å². The van der Waals surface area contributed by atoms with Crippen LogP contribution in [0.2, 0.25) is 0 Å². The van der Waals surface area contributed by atoms with Crippen molar-refractivity contribution in [2.75, 3.05) is 13.7 Å². The molecule has 1 atom stereocenters. The first kappa shape index (κ1) is 13.6. The Labute approximate surface area is 87.2 Å². The van der Waals surface area contributed by atoms with Crippen molar-refractivity contribution in [3.63, 3.8) is 0 Å². The van der Waals surface area contributed by atoms with Gasteiger partial charge >= 0.3 is 0 Å². The van der Waals surface area contributed by atoms with Crippen LogP contribution in [0.25, 0.3) is 0 Å². The van der Waals surface area contributed by atoms with Gasteiger partial charge in [0.15, 0.2) is 0 Å². The molecule has 0 aromatic heterocycles. The van der Waals surface area contributed by atoms with Crippen LogP contribution in [0.4, 0.5) is 0 Å². The van der Waals surface area contributed by atoms with Crippen LogP contribution < -0.4 is 5.32 Å². The van der Waals surface area contributed by atoms with Crippen LogP contribution in [0.1, 0.15) is 40.5 Å². The average Bonchev–Trinajstić information content (AvgIpc) is 2.01. The van der Waals surface area contributed by atoms with Gasteiger partial charge < -0.3 is 10.1 Å². The number of ether oxygens (including phenoxy) is 1. The number of carbonyl (C=O) groups is 1. The van der Waals surface area contributed by atoms with Gasteiger partial charge in [0.25, 0.3) is 0 Å². The molecule has 14 heavy (non-hydrogen) atoms. The maximum atomic E-state index is 10.9. The molecule has 0 rings (SSSR count). The van der Waals surface area contributed by atoms with Crippen LogP contribution >= 0.6 is 0 Å². The van der Waals surface area contributed by atoms with E-state index in [1.807, 2.05) is 20.9 Å². The van der Waals surface area contributed by atoms with Crippen molar-refractivity contribution in [3.05, 3.63) is 0 Å². The predicted octanol–water partition coefficient (Wildman–Crippen LogP) is 1.76. The van der Waals surface area contributed by atoms with Gasteiger partial charge in [0.2, 0.25) is 0 Å². The Morgan fingerprint density at radius 3 is 2.50 bits per heavy atom. The topological polar surface area (TPSA) is 38.3 Å². The van der Waals surface area contributed by atoms with Crippen molar-refractivity contribution in [1.29, 1.82) is 0 Å². The molecule has 0 fully saturated rings. The van der Waals surface area contributed by atoms with Crippen LogP contribution in [-0.2, 0) is 9.53 Å². The van der Waals surface area contributed by atoms with Crippen LogP contribution in [-0.4, -0.2) is 31.1 Å². The standard InChI is InChI=1S/C11H23NO2/c1-9(12-5)6-7-14-11(3,4)8-10(2)13/h9,12H,6-8H2,1-5H3. The molecule has 0 aliphatic heterocycles. The second-order valence-electron chi connectivity index (χ2n) is 4.47. The Hall–Kier alpha value is -0.410. The molecular weight excluding hydrogens is 178 g/mol. The smallest absolute Gasteiger partial charge is 0.132 e. The summed E-state index contributed by atoms with van der Waals surface area (Å²) in [5.74, 6) is 0.177. The number of ketones is 1. The lowest BCUT2D eigenvalue weighted by molar-refractivity contribution is -0.123. The normalized spacial score (nSPS) is 14.1. The summed E-state index contributed by atoms with van der Waals surface area (Å²) in [6.07, 6.45) is 1.46. The first-order chi connectivity index (χ1) is 6.37. The van der Waals surface area contributed by atoms with Gasteiger partial charge in [0.05, 0.1) is 5.60 Å². The van der Waals surface area contributed by atoms with Gasteiger partial charge in [-0.1, -0.05) is 0 Å². The summed E-state index contributed by atoms with van der Waals surface area (Å²) in [4.78, 5) is 10.9. The molecule has 0 spiro atoms. The van der Waals surface area contributed by atoms with Crippen molar-refractivity contribution in [3.8, 4) is 0 Å². The molecule has 0 radical (unpaired) electrons. The van der Waals surface area contributed by atoms with E-state index in [1.165, 1.54) is 0 Å². The Kier molecular flexibility index (Phi) is 5.96. The molecule has 0 aromatic rings. The summed E-state index contributed by atoms with van der Waals surface area (Å²) in [5.41, 5.74) is -0.320. The maximum absolute atomic E-state index is 10.9. The van der Waals surface area contributed by atoms with E-state index in [0.29, 0.717) is 19.1 Å². The molecule has 3 nitrogen and oxygen atoms in total. The average molecular weight is 201 g/mol. The predicted molar refractivity (Wildman–Crippen MR) is 58.5 cm³/mol. The minimum absolute atomic E-state index is 0.177. The molecule has 84 valence electrons. The summed E-state index contributed by atoms with van der Waals surface area (Å²) in [6.45, 7) is 8.32. The van der Waals surface area contributed by atoms with Gasteiger partial charge in [-0.3, -0.25) is 4.79 Å². The molecule has 0 saturated heterocycles. The van der Waals surface area contributed by atoms with E-state index in [1.54, 1.807) is 6.92 Å². The highest BCUT2D eigenvalue weighted by Crippen LogP contribution is 2.15. The minimum atomic E-state index is -0.320. The van der Waals surface area contributed by atoms with Gasteiger partial charge in [-0.25, -0.2) is 0 Å². The van der Waals surface area contributed by atoms with Gasteiger partial charge in [-0.2, -0.15) is 0 Å². The van der Waals surface area contributed by atoms with Crippen molar-refractivity contribution in [1.82, 2.24) is 5.32 Å². The summed E-state index contributed by atoms with van der Waals surface area (Å²) >= 11 is 0. The zero-order valence-electron chi connectivity index (χ0n) is 10.0. The monoisotopic (exact) mass is 201 g/mol. The first-order valence-electron chi connectivity index (χ1n) is 5.18. The van der Waals surface area contributed by atoms with Crippen LogP contribution in [0, 0.1) is 0 Å². The van der Waals surface area contributed by atoms with E-state index >= 15 is 0 Å². The van der Waals surface area contributed by atoms with E-state index in [0.717, 1.165) is 6.42 Å². The summed E-state index contributed by atoms with van der Waals surface area (Å²) < 4.78 is 5.65. The van der Waals surface area contributed by atoms with Crippen LogP contribution in [0.5, 0.6) is 0 Å². The molecule has 1 unspecified atom stereocenters. The molecule has 0 aliphatic rings. The van der Waals surface area contributed by atoms with E-state index in [-0.39, 0.29) is 11.4 Å². The fourth-order valence-electron chi connectivity index (χ4n) is 1.31. The fraction of sp³-hybridized carbons (Fsp3) is 0.909. The highest BCUT2D eigenvalue weighted by Gasteiger charge is 2.20.